The quantitative estimate of drug-likeness (QED) is 0.624. The first-order valence-corrected chi connectivity index (χ1v) is 8.34. The van der Waals surface area contributed by atoms with E-state index < -0.39 is 9.96 Å². The van der Waals surface area contributed by atoms with Gasteiger partial charge in [0.25, 0.3) is 9.70 Å². The average molecular weight is 359 g/mol. The van der Waals surface area contributed by atoms with Crippen LogP contribution in [0.3, 0.4) is 0 Å². The summed E-state index contributed by atoms with van der Waals surface area (Å²) in [6.07, 6.45) is 1.57. The number of amides is 1. The summed E-state index contributed by atoms with van der Waals surface area (Å²) in [7, 11) is 0. The van der Waals surface area contributed by atoms with Crippen molar-refractivity contribution in [2.75, 3.05) is 13.2 Å². The minimum atomic E-state index is -1.58. The van der Waals surface area contributed by atoms with Crippen LogP contribution in [-0.2, 0) is 4.74 Å². The van der Waals surface area contributed by atoms with Crippen molar-refractivity contribution in [1.29, 1.82) is 0 Å². The molecule has 0 spiro atoms. The molecular weight excluding hydrogens is 343 g/mol. The van der Waals surface area contributed by atoms with Crippen molar-refractivity contribution in [3.63, 3.8) is 0 Å². The normalized spacial score (nSPS) is 20.9. The highest BCUT2D eigenvalue weighted by Crippen LogP contribution is 2.27. The third kappa shape index (κ3) is 4.76. The second-order valence-electron chi connectivity index (χ2n) is 4.58. The third-order valence-corrected chi connectivity index (χ3v) is 4.62. The van der Waals surface area contributed by atoms with Gasteiger partial charge < -0.3 is 10.1 Å². The molecule has 1 aromatic rings. The van der Waals surface area contributed by atoms with E-state index in [-0.39, 0.29) is 12.0 Å². The van der Waals surface area contributed by atoms with Gasteiger partial charge in [-0.15, -0.1) is 11.3 Å². The predicted octanol–water partition coefficient (Wildman–Crippen LogP) is 1.92. The summed E-state index contributed by atoms with van der Waals surface area (Å²) in [6, 6.07) is 3.54. The summed E-state index contributed by atoms with van der Waals surface area (Å²) in [4.78, 5) is 12.6. The Morgan fingerprint density at radius 3 is 2.95 bits per heavy atom. The molecule has 0 bridgehead atoms. The van der Waals surface area contributed by atoms with Crippen LogP contribution in [0.15, 0.2) is 17.5 Å². The number of quaternary nitrogens is 1. The summed E-state index contributed by atoms with van der Waals surface area (Å²) in [6.45, 7) is 1.43. The van der Waals surface area contributed by atoms with E-state index in [1.54, 1.807) is 12.1 Å². The summed E-state index contributed by atoms with van der Waals surface area (Å²) in [5.41, 5.74) is 0. The van der Waals surface area contributed by atoms with Crippen molar-refractivity contribution in [2.45, 2.75) is 28.9 Å². The van der Waals surface area contributed by atoms with Gasteiger partial charge in [0.2, 0.25) is 6.17 Å². The number of rotatable bonds is 5. The largest absolute Gasteiger partial charge is 0.372 e. The fourth-order valence-corrected chi connectivity index (χ4v) is 3.07. The lowest BCUT2D eigenvalue weighted by Gasteiger charge is -2.24. The Morgan fingerprint density at radius 1 is 1.60 bits per heavy atom. The molecule has 20 heavy (non-hydrogen) atoms. The van der Waals surface area contributed by atoms with Crippen LogP contribution < -0.4 is 10.6 Å². The standard InChI is InChI=1S/C12H15Cl3N2O2S/c13-12(14,15)11(16-7-8-3-1-5-19-8)17-10(18)9-4-2-6-20-9/h2,4,6,8,11,16H,1,3,5,7H2,(H,17,18)/p+1/t8-,11-/m1/s1. The van der Waals surface area contributed by atoms with E-state index in [9.17, 15) is 4.79 Å². The molecule has 0 saturated carbocycles. The van der Waals surface area contributed by atoms with E-state index in [0.29, 0.717) is 11.4 Å². The van der Waals surface area contributed by atoms with Crippen molar-refractivity contribution in [3.05, 3.63) is 22.4 Å². The van der Waals surface area contributed by atoms with Crippen LogP contribution in [0.5, 0.6) is 0 Å². The maximum absolute atomic E-state index is 12.0. The summed E-state index contributed by atoms with van der Waals surface area (Å²) >= 11 is 19.2. The Hall–Kier alpha value is -0.0400. The van der Waals surface area contributed by atoms with E-state index in [1.165, 1.54) is 11.3 Å². The van der Waals surface area contributed by atoms with Crippen LogP contribution >= 0.6 is 46.1 Å². The molecule has 1 aliphatic heterocycles. The molecule has 1 saturated heterocycles. The zero-order chi connectivity index (χ0) is 14.6. The highest BCUT2D eigenvalue weighted by Gasteiger charge is 2.38. The molecule has 4 nitrogen and oxygen atoms in total. The van der Waals surface area contributed by atoms with Crippen LogP contribution in [-0.4, -0.2) is 35.1 Å². The van der Waals surface area contributed by atoms with Crippen LogP contribution in [0.2, 0.25) is 0 Å². The van der Waals surface area contributed by atoms with E-state index in [0.717, 1.165) is 19.4 Å². The number of nitrogens with two attached hydrogens (primary N) is 1. The van der Waals surface area contributed by atoms with Gasteiger partial charge in [-0.3, -0.25) is 10.1 Å². The number of alkyl halides is 3. The molecular formula is C12H16Cl3N2O2S+. The molecule has 3 N–H and O–H groups in total. The summed E-state index contributed by atoms with van der Waals surface area (Å²) in [5.74, 6) is -0.236. The number of carbonyl (C=O) groups is 1. The van der Waals surface area contributed by atoms with Crippen molar-refractivity contribution in [3.8, 4) is 0 Å². The molecule has 0 radical (unpaired) electrons. The lowest BCUT2D eigenvalue weighted by Crippen LogP contribution is -2.97. The molecule has 0 aliphatic carbocycles. The van der Waals surface area contributed by atoms with Crippen LogP contribution in [0.4, 0.5) is 0 Å². The number of ether oxygens (including phenoxy) is 1. The van der Waals surface area contributed by atoms with Crippen LogP contribution in [0.25, 0.3) is 0 Å². The summed E-state index contributed by atoms with van der Waals surface area (Å²) in [5, 5.41) is 6.39. The van der Waals surface area contributed by atoms with Gasteiger partial charge in [0.15, 0.2) is 0 Å². The number of thiophene rings is 1. The van der Waals surface area contributed by atoms with Crippen LogP contribution in [0, 0.1) is 0 Å². The maximum Gasteiger partial charge on any atom is 0.265 e. The first kappa shape index (κ1) is 16.3. The molecule has 1 fully saturated rings. The first-order valence-electron chi connectivity index (χ1n) is 6.33. The Labute approximate surface area is 136 Å². The number of carbonyl (C=O) groups excluding carboxylic acids is 1. The average Bonchev–Trinajstić information content (AvgIpc) is 3.04. The molecule has 2 heterocycles. The molecule has 112 valence electrons. The number of halogens is 3. The van der Waals surface area contributed by atoms with E-state index in [4.69, 9.17) is 39.5 Å². The second-order valence-corrected chi connectivity index (χ2v) is 7.89. The molecule has 1 aliphatic rings. The highest BCUT2D eigenvalue weighted by molar-refractivity contribution is 7.12. The van der Waals surface area contributed by atoms with E-state index in [2.05, 4.69) is 5.32 Å². The fourth-order valence-electron chi connectivity index (χ4n) is 2.01. The number of nitrogens with one attached hydrogen (secondary N) is 1. The lowest BCUT2D eigenvalue weighted by atomic mass is 10.2. The van der Waals surface area contributed by atoms with E-state index in [1.807, 2.05) is 10.7 Å². The van der Waals surface area contributed by atoms with Gasteiger partial charge in [-0.25, -0.2) is 0 Å². The molecule has 8 heteroatoms. The lowest BCUT2D eigenvalue weighted by molar-refractivity contribution is -0.697. The summed E-state index contributed by atoms with van der Waals surface area (Å²) < 4.78 is 3.94. The molecule has 1 aromatic heterocycles. The molecule has 2 atom stereocenters. The monoisotopic (exact) mass is 357 g/mol. The van der Waals surface area contributed by atoms with E-state index >= 15 is 0 Å². The van der Waals surface area contributed by atoms with Crippen LogP contribution in [0.1, 0.15) is 22.5 Å². The number of hydrogen-bond acceptors (Lipinski definition) is 3. The smallest absolute Gasteiger partial charge is 0.265 e. The van der Waals surface area contributed by atoms with Gasteiger partial charge in [-0.05, 0) is 24.3 Å². The zero-order valence-corrected chi connectivity index (χ0v) is 13.7. The third-order valence-electron chi connectivity index (χ3n) is 3.04. The fraction of sp³-hybridized carbons (Fsp3) is 0.583. The molecule has 1 amide bonds. The van der Waals surface area contributed by atoms with Gasteiger partial charge in [-0.2, -0.15) is 0 Å². The topological polar surface area (TPSA) is 54.9 Å². The van der Waals surface area contributed by atoms with Gasteiger partial charge in [-0.1, -0.05) is 40.9 Å². The Bertz CT molecular complexity index is 430. The number of hydrogen-bond donors (Lipinski definition) is 2. The van der Waals surface area contributed by atoms with Crippen molar-refractivity contribution < 1.29 is 14.8 Å². The van der Waals surface area contributed by atoms with Crippen molar-refractivity contribution in [1.82, 2.24) is 5.32 Å². The van der Waals surface area contributed by atoms with Crippen molar-refractivity contribution in [2.24, 2.45) is 0 Å². The minimum absolute atomic E-state index is 0.156. The van der Waals surface area contributed by atoms with Gasteiger partial charge >= 0.3 is 0 Å². The minimum Gasteiger partial charge on any atom is -0.372 e. The van der Waals surface area contributed by atoms with Crippen molar-refractivity contribution >= 4 is 52.0 Å². The second kappa shape index (κ2) is 7.29. The Balaban J connectivity index is 1.91. The molecule has 2 rings (SSSR count). The first-order chi connectivity index (χ1) is 9.47. The Morgan fingerprint density at radius 2 is 2.40 bits per heavy atom. The molecule has 0 aromatic carbocycles. The predicted molar refractivity (Wildman–Crippen MR) is 81.6 cm³/mol. The van der Waals surface area contributed by atoms with Gasteiger partial charge in [0.1, 0.15) is 12.6 Å². The SMILES string of the molecule is O=C(N[C@@H]([NH2+]C[C@H]1CCCO1)C(Cl)(Cl)Cl)c1cccs1. The van der Waals surface area contributed by atoms with Gasteiger partial charge in [0, 0.05) is 6.61 Å². The maximum atomic E-state index is 12.0. The highest BCUT2D eigenvalue weighted by atomic mass is 35.6. The molecule has 0 unspecified atom stereocenters. The zero-order valence-electron chi connectivity index (χ0n) is 10.7. The van der Waals surface area contributed by atoms with Gasteiger partial charge in [0.05, 0.1) is 4.88 Å². The Kier molecular flexibility index (Phi) is 5.95.